The summed E-state index contributed by atoms with van der Waals surface area (Å²) in [5, 5.41) is 11.4. The summed E-state index contributed by atoms with van der Waals surface area (Å²) in [5.41, 5.74) is 3.01. The molecule has 0 aromatic heterocycles. The normalized spacial score (nSPS) is 11.0. The average molecular weight is 396 g/mol. The zero-order valence-electron chi connectivity index (χ0n) is 15.1. The zero-order chi connectivity index (χ0) is 19.2. The number of ether oxygens (including phenoxy) is 1. The van der Waals surface area contributed by atoms with Crippen LogP contribution in [-0.4, -0.2) is 23.9 Å². The van der Waals surface area contributed by atoms with Gasteiger partial charge in [-0.15, -0.1) is 0 Å². The summed E-state index contributed by atoms with van der Waals surface area (Å²) in [6, 6.07) is 20.7. The van der Waals surface area contributed by atoms with Crippen LogP contribution < -0.4 is 10.0 Å². The van der Waals surface area contributed by atoms with Crippen LogP contribution in [0.1, 0.15) is 27.0 Å². The Balaban J connectivity index is 1.81. The van der Waals surface area contributed by atoms with Crippen LogP contribution in [0.5, 0.6) is 11.5 Å². The number of hydrogen-bond acceptors (Lipinski definition) is 3. The van der Waals surface area contributed by atoms with E-state index in [4.69, 9.17) is 4.74 Å². The molecule has 0 saturated carbocycles. The van der Waals surface area contributed by atoms with E-state index in [1.807, 2.05) is 54.6 Å². The van der Waals surface area contributed by atoms with Crippen molar-refractivity contribution in [2.24, 2.45) is 0 Å². The third-order valence-electron chi connectivity index (χ3n) is 4.32. The lowest BCUT2D eigenvalue weighted by molar-refractivity contribution is 0.103. The highest BCUT2D eigenvalue weighted by Crippen LogP contribution is 2.24. The second kappa shape index (κ2) is 9.13. The molecule has 27 heavy (non-hydrogen) atoms. The van der Waals surface area contributed by atoms with Gasteiger partial charge in [0.05, 0.1) is 5.56 Å². The number of hydrogen-bond donors (Lipinski definition) is 1. The molecule has 0 heterocycles. The van der Waals surface area contributed by atoms with E-state index in [0.717, 1.165) is 16.9 Å². The highest BCUT2D eigenvalue weighted by atomic mass is 31.1. The topological polar surface area (TPSA) is 46.5 Å². The van der Waals surface area contributed by atoms with E-state index in [0.29, 0.717) is 32.5 Å². The van der Waals surface area contributed by atoms with Crippen molar-refractivity contribution in [3.8, 4) is 11.5 Å². The molecular weight excluding hydrogens is 374 g/mol. The number of carbonyl (C=O) groups excluding carboxylic acids is 1. The highest BCUT2D eigenvalue weighted by Gasteiger charge is 2.14. The summed E-state index contributed by atoms with van der Waals surface area (Å²) in [4.78, 5) is 12.8. The minimum absolute atomic E-state index is 0.00869. The Morgan fingerprint density at radius 1 is 1.00 bits per heavy atom. The van der Waals surface area contributed by atoms with Gasteiger partial charge in [0.2, 0.25) is 0 Å². The van der Waals surface area contributed by atoms with E-state index in [1.54, 1.807) is 12.1 Å². The maximum absolute atomic E-state index is 12.8. The third kappa shape index (κ3) is 4.95. The Morgan fingerprint density at radius 3 is 2.30 bits per heavy atom. The number of ketones is 1. The molecule has 1 N–H and O–H groups in total. The van der Waals surface area contributed by atoms with Gasteiger partial charge in [-0.25, -0.2) is 0 Å². The molecule has 3 nitrogen and oxygen atoms in total. The van der Waals surface area contributed by atoms with Crippen LogP contribution in [-0.2, 0) is 6.42 Å². The minimum Gasteiger partial charge on any atom is -0.507 e. The second-order valence-corrected chi connectivity index (χ2v) is 7.55. The van der Waals surface area contributed by atoms with Gasteiger partial charge in [-0.2, -0.15) is 0 Å². The van der Waals surface area contributed by atoms with Gasteiger partial charge < -0.3 is 9.84 Å². The standard InChI is InChI=1S/C22H22O3P2/c1-27-19-9-5-17(6-10-19)22(24)20-13-16(4-11-21(20)23)12-15-2-7-18(8-3-15)25-14-26/h2-11,13,23,27H,12,14,26H2,1H3. The Bertz CT molecular complexity index is 919. The van der Waals surface area contributed by atoms with Gasteiger partial charge >= 0.3 is 0 Å². The minimum atomic E-state index is -0.162. The summed E-state index contributed by atoms with van der Waals surface area (Å²) in [7, 11) is 3.22. The lowest BCUT2D eigenvalue weighted by Crippen LogP contribution is -2.05. The van der Waals surface area contributed by atoms with Crippen molar-refractivity contribution in [3.05, 3.63) is 89.0 Å². The van der Waals surface area contributed by atoms with Crippen molar-refractivity contribution in [2.45, 2.75) is 6.42 Å². The number of phenolic OH excluding ortho intramolecular Hbond substituents is 1. The summed E-state index contributed by atoms with van der Waals surface area (Å²) >= 11 is 0. The van der Waals surface area contributed by atoms with Crippen molar-refractivity contribution in [3.63, 3.8) is 0 Å². The quantitative estimate of drug-likeness (QED) is 0.477. The van der Waals surface area contributed by atoms with E-state index < -0.39 is 0 Å². The summed E-state index contributed by atoms with van der Waals surface area (Å²) in [5.74, 6) is 0.672. The maximum Gasteiger partial charge on any atom is 0.196 e. The molecule has 0 fully saturated rings. The Morgan fingerprint density at radius 2 is 1.67 bits per heavy atom. The third-order valence-corrected chi connectivity index (χ3v) is 5.40. The first-order valence-corrected chi connectivity index (χ1v) is 11.0. The summed E-state index contributed by atoms with van der Waals surface area (Å²) in [6.07, 6.45) is 1.24. The smallest absolute Gasteiger partial charge is 0.196 e. The summed E-state index contributed by atoms with van der Waals surface area (Å²) in [6.45, 7) is 2.10. The van der Waals surface area contributed by atoms with Gasteiger partial charge in [-0.05, 0) is 53.8 Å². The number of phenols is 1. The molecule has 0 aliphatic heterocycles. The fourth-order valence-electron chi connectivity index (χ4n) is 2.85. The highest BCUT2D eigenvalue weighted by molar-refractivity contribution is 7.46. The van der Waals surface area contributed by atoms with Crippen LogP contribution in [0.2, 0.25) is 0 Å². The van der Waals surface area contributed by atoms with Gasteiger partial charge in [-0.1, -0.05) is 60.3 Å². The molecule has 3 rings (SSSR count). The molecule has 0 bridgehead atoms. The SMILES string of the molecule is CPc1ccc(C(=O)c2cc(Cc3ccc(OCP)cc3)ccc2O)cc1. The first kappa shape index (κ1) is 19.5. The van der Waals surface area contributed by atoms with Crippen LogP contribution >= 0.6 is 17.8 Å². The van der Waals surface area contributed by atoms with Crippen LogP contribution in [0, 0.1) is 0 Å². The molecule has 2 unspecified atom stereocenters. The molecule has 0 spiro atoms. The number of carbonyl (C=O) groups is 1. The predicted octanol–water partition coefficient (Wildman–Crippen LogP) is 4.36. The van der Waals surface area contributed by atoms with Crippen LogP contribution in [0.3, 0.4) is 0 Å². The molecule has 138 valence electrons. The van der Waals surface area contributed by atoms with Crippen molar-refractivity contribution in [2.75, 3.05) is 13.0 Å². The predicted molar refractivity (Wildman–Crippen MR) is 116 cm³/mol. The van der Waals surface area contributed by atoms with Crippen molar-refractivity contribution < 1.29 is 14.6 Å². The fourth-order valence-corrected chi connectivity index (χ4v) is 3.55. The molecule has 0 saturated heterocycles. The van der Waals surface area contributed by atoms with E-state index in [2.05, 4.69) is 15.9 Å². The first-order chi connectivity index (χ1) is 13.1. The molecule has 0 radical (unpaired) electrons. The van der Waals surface area contributed by atoms with Crippen molar-refractivity contribution in [1.82, 2.24) is 0 Å². The Kier molecular flexibility index (Phi) is 6.61. The van der Waals surface area contributed by atoms with Crippen LogP contribution in [0.15, 0.2) is 66.7 Å². The maximum atomic E-state index is 12.8. The Labute approximate surface area is 163 Å². The van der Waals surface area contributed by atoms with E-state index in [-0.39, 0.29) is 11.5 Å². The molecular formula is C22H22O3P2. The largest absolute Gasteiger partial charge is 0.507 e. The monoisotopic (exact) mass is 396 g/mol. The number of aromatic hydroxyl groups is 1. The van der Waals surface area contributed by atoms with Crippen molar-refractivity contribution in [1.29, 1.82) is 0 Å². The molecule has 5 heteroatoms. The van der Waals surface area contributed by atoms with Gasteiger partial charge in [0.25, 0.3) is 0 Å². The molecule has 2 atom stereocenters. The Hall–Kier alpha value is -2.21. The lowest BCUT2D eigenvalue weighted by Gasteiger charge is -2.09. The number of benzene rings is 3. The summed E-state index contributed by atoms with van der Waals surface area (Å²) < 4.78 is 5.43. The fraction of sp³-hybridized carbons (Fsp3) is 0.136. The van der Waals surface area contributed by atoms with Gasteiger partial charge in [0.1, 0.15) is 17.8 Å². The van der Waals surface area contributed by atoms with E-state index in [1.165, 1.54) is 5.30 Å². The molecule has 3 aromatic carbocycles. The first-order valence-electron chi connectivity index (χ1n) is 8.67. The lowest BCUT2D eigenvalue weighted by atomic mass is 9.97. The van der Waals surface area contributed by atoms with Gasteiger partial charge in [-0.3, -0.25) is 4.79 Å². The van der Waals surface area contributed by atoms with Crippen LogP contribution in [0.25, 0.3) is 0 Å². The van der Waals surface area contributed by atoms with E-state index in [9.17, 15) is 9.90 Å². The van der Waals surface area contributed by atoms with Gasteiger partial charge in [0, 0.05) is 5.56 Å². The molecule has 0 aliphatic rings. The molecule has 0 aliphatic carbocycles. The average Bonchev–Trinajstić information content (AvgIpc) is 2.70. The van der Waals surface area contributed by atoms with E-state index >= 15 is 0 Å². The zero-order valence-corrected chi connectivity index (χ0v) is 17.3. The van der Waals surface area contributed by atoms with Crippen LogP contribution in [0.4, 0.5) is 0 Å². The second-order valence-electron chi connectivity index (χ2n) is 6.14. The number of rotatable bonds is 7. The van der Waals surface area contributed by atoms with Gasteiger partial charge in [0.15, 0.2) is 5.78 Å². The molecule has 0 amide bonds. The molecule has 3 aromatic rings. The van der Waals surface area contributed by atoms with Crippen molar-refractivity contribution >= 4 is 28.9 Å².